The predicted octanol–water partition coefficient (Wildman–Crippen LogP) is 5.67. The van der Waals surface area contributed by atoms with Gasteiger partial charge in [0.2, 0.25) is 0 Å². The van der Waals surface area contributed by atoms with Gasteiger partial charge in [0.15, 0.2) is 10.4 Å². The highest BCUT2D eigenvalue weighted by Gasteiger charge is 2.36. The number of carbonyl (C=O) groups is 1. The number of imidazole rings is 1. The molecule has 5 rings (SSSR count). The van der Waals surface area contributed by atoms with Gasteiger partial charge in [0.25, 0.3) is 0 Å². The second kappa shape index (κ2) is 7.27. The van der Waals surface area contributed by atoms with Gasteiger partial charge in [-0.2, -0.15) is 5.10 Å². The summed E-state index contributed by atoms with van der Waals surface area (Å²) in [6.45, 7) is 0. The largest absolute Gasteiger partial charge is 0.444 e. The third-order valence-corrected chi connectivity index (χ3v) is 5.76. The van der Waals surface area contributed by atoms with E-state index in [2.05, 4.69) is 41.9 Å². The summed E-state index contributed by atoms with van der Waals surface area (Å²) in [6, 6.07) is 18.7. The lowest BCUT2D eigenvalue weighted by Crippen LogP contribution is -2.27. The van der Waals surface area contributed by atoms with Gasteiger partial charge in [-0.15, -0.1) is 0 Å². The third-order valence-electron chi connectivity index (χ3n) is 4.80. The first kappa shape index (κ1) is 18.3. The number of hydrazone groups is 1. The minimum Gasteiger partial charge on any atom is -0.444 e. The summed E-state index contributed by atoms with van der Waals surface area (Å²) in [5.74, 6) is 0.605. The van der Waals surface area contributed by atoms with E-state index in [-0.39, 0.29) is 17.7 Å². The fourth-order valence-corrected chi connectivity index (χ4v) is 3.97. The second-order valence-electron chi connectivity index (χ2n) is 6.67. The Bertz CT molecular complexity index is 1210. The van der Waals surface area contributed by atoms with Crippen molar-refractivity contribution in [2.24, 2.45) is 5.10 Å². The fourth-order valence-electron chi connectivity index (χ4n) is 3.40. The molecule has 0 saturated heterocycles. The van der Waals surface area contributed by atoms with E-state index in [1.807, 2.05) is 48.5 Å². The zero-order chi connectivity index (χ0) is 20.0. The van der Waals surface area contributed by atoms with Crippen LogP contribution in [0.2, 0.25) is 0 Å². The zero-order valence-corrected chi connectivity index (χ0v) is 18.1. The number of furan rings is 1. The van der Waals surface area contributed by atoms with Gasteiger partial charge >= 0.3 is 5.91 Å². The van der Waals surface area contributed by atoms with Crippen LogP contribution in [0.5, 0.6) is 0 Å². The summed E-state index contributed by atoms with van der Waals surface area (Å²) >= 11 is 6.71. The molecule has 4 aromatic rings. The van der Waals surface area contributed by atoms with Crippen molar-refractivity contribution in [3.05, 3.63) is 87.0 Å². The average molecular weight is 514 g/mol. The highest BCUT2D eigenvalue weighted by atomic mass is 79.9. The minimum absolute atomic E-state index is 0.221. The molecule has 3 heterocycles. The zero-order valence-electron chi connectivity index (χ0n) is 15.0. The van der Waals surface area contributed by atoms with Gasteiger partial charge in [0.1, 0.15) is 11.9 Å². The van der Waals surface area contributed by atoms with Gasteiger partial charge in [-0.25, -0.2) is 9.99 Å². The molecule has 0 fully saturated rings. The lowest BCUT2D eigenvalue weighted by molar-refractivity contribution is 0.0671. The SMILES string of the molecule is O=C(c1ccc(Br)o1)N1N=C(c2ccc(Br)cc2)C[C@H]1c1nc2ccccc2[nH]1. The van der Waals surface area contributed by atoms with E-state index < -0.39 is 0 Å². The molecular formula is C21H14Br2N4O2. The molecule has 2 aromatic heterocycles. The summed E-state index contributed by atoms with van der Waals surface area (Å²) in [5, 5.41) is 6.11. The van der Waals surface area contributed by atoms with Crippen LogP contribution >= 0.6 is 31.9 Å². The molecule has 1 aliphatic heterocycles. The van der Waals surface area contributed by atoms with Gasteiger partial charge in [-0.05, 0) is 57.9 Å². The highest BCUT2D eigenvalue weighted by Crippen LogP contribution is 2.34. The number of benzene rings is 2. The lowest BCUT2D eigenvalue weighted by Gasteiger charge is -2.18. The summed E-state index contributed by atoms with van der Waals surface area (Å²) in [5.41, 5.74) is 3.56. The van der Waals surface area contributed by atoms with Gasteiger partial charge in [-0.3, -0.25) is 4.79 Å². The number of fused-ring (bicyclic) bond motifs is 1. The van der Waals surface area contributed by atoms with E-state index in [1.165, 1.54) is 5.01 Å². The van der Waals surface area contributed by atoms with Crippen molar-refractivity contribution in [1.82, 2.24) is 15.0 Å². The maximum Gasteiger partial charge on any atom is 0.310 e. The first-order chi connectivity index (χ1) is 14.1. The number of amides is 1. The van der Waals surface area contributed by atoms with Crippen LogP contribution in [0.1, 0.15) is 34.4 Å². The maximum absolute atomic E-state index is 13.1. The van der Waals surface area contributed by atoms with E-state index in [0.717, 1.165) is 26.8 Å². The highest BCUT2D eigenvalue weighted by molar-refractivity contribution is 9.10. The average Bonchev–Trinajstić information content (AvgIpc) is 3.45. The Kier molecular flexibility index (Phi) is 4.60. The van der Waals surface area contributed by atoms with E-state index in [4.69, 9.17) is 9.40 Å². The maximum atomic E-state index is 13.1. The third kappa shape index (κ3) is 3.42. The summed E-state index contributed by atoms with van der Waals surface area (Å²) in [7, 11) is 0. The van der Waals surface area contributed by atoms with Crippen LogP contribution in [0, 0.1) is 0 Å². The summed E-state index contributed by atoms with van der Waals surface area (Å²) in [6.07, 6.45) is 0.551. The van der Waals surface area contributed by atoms with Crippen LogP contribution in [-0.2, 0) is 0 Å². The van der Waals surface area contributed by atoms with Crippen molar-refractivity contribution in [2.75, 3.05) is 0 Å². The molecule has 144 valence electrons. The number of rotatable bonds is 3. The van der Waals surface area contributed by atoms with Crippen molar-refractivity contribution in [1.29, 1.82) is 0 Å². The van der Waals surface area contributed by atoms with Crippen LogP contribution in [0.15, 0.2) is 79.3 Å². The molecule has 0 spiro atoms. The Balaban J connectivity index is 1.56. The van der Waals surface area contributed by atoms with Crippen molar-refractivity contribution >= 4 is 54.5 Å². The number of aromatic amines is 1. The molecule has 29 heavy (non-hydrogen) atoms. The van der Waals surface area contributed by atoms with Crippen molar-refractivity contribution in [2.45, 2.75) is 12.5 Å². The summed E-state index contributed by atoms with van der Waals surface area (Å²) < 4.78 is 6.96. The Morgan fingerprint density at radius 1 is 1.07 bits per heavy atom. The molecule has 1 atom stereocenters. The first-order valence-corrected chi connectivity index (χ1v) is 10.5. The fraction of sp³-hybridized carbons (Fsp3) is 0.0952. The number of aromatic nitrogens is 2. The molecule has 0 unspecified atom stereocenters. The Morgan fingerprint density at radius 2 is 1.86 bits per heavy atom. The number of hydrogen-bond donors (Lipinski definition) is 1. The number of H-pyrrole nitrogens is 1. The minimum atomic E-state index is -0.350. The van der Waals surface area contributed by atoms with Gasteiger partial charge in [-0.1, -0.05) is 40.2 Å². The number of nitrogens with zero attached hydrogens (tertiary/aromatic N) is 3. The molecule has 6 nitrogen and oxygen atoms in total. The van der Waals surface area contributed by atoms with E-state index in [1.54, 1.807) is 12.1 Å². The van der Waals surface area contributed by atoms with Gasteiger partial charge in [0.05, 0.1) is 16.7 Å². The number of halogens is 2. The van der Waals surface area contributed by atoms with E-state index >= 15 is 0 Å². The number of hydrogen-bond acceptors (Lipinski definition) is 4. The number of nitrogens with one attached hydrogen (secondary N) is 1. The quantitative estimate of drug-likeness (QED) is 0.383. The number of carbonyl (C=O) groups excluding carboxylic acids is 1. The molecule has 1 amide bonds. The normalized spacial score (nSPS) is 16.4. The predicted molar refractivity (Wildman–Crippen MR) is 117 cm³/mol. The molecule has 0 aliphatic carbocycles. The molecule has 1 aliphatic rings. The molecule has 0 radical (unpaired) electrons. The van der Waals surface area contributed by atoms with Crippen LogP contribution in [-0.4, -0.2) is 26.6 Å². The van der Waals surface area contributed by atoms with E-state index in [9.17, 15) is 4.79 Å². The Labute approximate surface area is 182 Å². The Hall–Kier alpha value is -2.71. The lowest BCUT2D eigenvalue weighted by atomic mass is 10.0. The van der Waals surface area contributed by atoms with Crippen LogP contribution < -0.4 is 0 Å². The van der Waals surface area contributed by atoms with Crippen molar-refractivity contribution in [3.8, 4) is 0 Å². The second-order valence-corrected chi connectivity index (χ2v) is 8.36. The Morgan fingerprint density at radius 3 is 2.59 bits per heavy atom. The standard InChI is InChI=1S/C21H14Br2N4O2/c22-13-7-5-12(6-8-13)16-11-17(20-24-14-3-1-2-4-15(14)25-20)27(26-16)21(28)18-9-10-19(23)29-18/h1-10,17H,11H2,(H,24,25)/t17-/m0/s1. The van der Waals surface area contributed by atoms with Crippen LogP contribution in [0.4, 0.5) is 0 Å². The summed E-state index contributed by atoms with van der Waals surface area (Å²) in [4.78, 5) is 21.2. The van der Waals surface area contributed by atoms with Gasteiger partial charge in [0, 0.05) is 10.9 Å². The molecule has 2 aromatic carbocycles. The molecule has 0 bridgehead atoms. The van der Waals surface area contributed by atoms with Crippen LogP contribution in [0.25, 0.3) is 11.0 Å². The van der Waals surface area contributed by atoms with Gasteiger partial charge < -0.3 is 9.40 Å². The first-order valence-electron chi connectivity index (χ1n) is 8.95. The topological polar surface area (TPSA) is 74.5 Å². The molecule has 8 heteroatoms. The van der Waals surface area contributed by atoms with E-state index in [0.29, 0.717) is 16.9 Å². The monoisotopic (exact) mass is 512 g/mol. The molecular weight excluding hydrogens is 500 g/mol. The molecule has 1 N–H and O–H groups in total. The smallest absolute Gasteiger partial charge is 0.310 e. The van der Waals surface area contributed by atoms with Crippen molar-refractivity contribution in [3.63, 3.8) is 0 Å². The van der Waals surface area contributed by atoms with Crippen LogP contribution in [0.3, 0.4) is 0 Å². The van der Waals surface area contributed by atoms with Crippen molar-refractivity contribution < 1.29 is 9.21 Å². The molecule has 0 saturated carbocycles. The number of para-hydroxylation sites is 2.